The molecule has 0 bridgehead atoms. The van der Waals surface area contributed by atoms with E-state index in [1.54, 1.807) is 0 Å². The Hall–Kier alpha value is -1.77. The summed E-state index contributed by atoms with van der Waals surface area (Å²) in [6.45, 7) is 13.2. The Labute approximate surface area is 110 Å². The lowest BCUT2D eigenvalue weighted by Crippen LogP contribution is -2.13. The second-order valence-electron chi connectivity index (χ2n) is 4.51. The summed E-state index contributed by atoms with van der Waals surface area (Å²) in [4.78, 5) is 9.44. The van der Waals surface area contributed by atoms with Gasteiger partial charge in [0.05, 0.1) is 5.82 Å². The van der Waals surface area contributed by atoms with Crippen LogP contribution in [-0.4, -0.2) is 12.8 Å². The van der Waals surface area contributed by atoms with Crippen LogP contribution in [0.15, 0.2) is 24.5 Å². The maximum absolute atomic E-state index is 9.44. The molecule has 0 aliphatic rings. The summed E-state index contributed by atoms with van der Waals surface area (Å²) < 4.78 is 0. The number of nitrogens with one attached hydrogen (secondary N) is 2. The first-order chi connectivity index (χ1) is 8.27. The highest BCUT2D eigenvalue weighted by atomic mass is 16.1. The normalized spacial score (nSPS) is 9.00. The minimum atomic E-state index is 0.167. The molecule has 0 heterocycles. The Balaban J connectivity index is 0.000000631. The van der Waals surface area contributed by atoms with Crippen LogP contribution in [0.25, 0.3) is 0 Å². The van der Waals surface area contributed by atoms with Gasteiger partial charge in [-0.15, -0.1) is 0 Å². The number of benzene rings is 1. The van der Waals surface area contributed by atoms with Gasteiger partial charge in [-0.05, 0) is 57.4 Å². The minimum absolute atomic E-state index is 0.167. The van der Waals surface area contributed by atoms with Crippen molar-refractivity contribution < 1.29 is 4.79 Å². The molecule has 0 aliphatic heterocycles. The summed E-state index contributed by atoms with van der Waals surface area (Å²) in [5.74, 6) is 0.983. The Morgan fingerprint density at radius 2 is 1.50 bits per heavy atom. The van der Waals surface area contributed by atoms with E-state index in [0.29, 0.717) is 0 Å². The monoisotopic (exact) mass is 248 g/mol. The number of hydrogen-bond donors (Lipinski definition) is 2. The molecule has 0 spiro atoms. The summed E-state index contributed by atoms with van der Waals surface area (Å²) in [5, 5.41) is 6.19. The number of carbonyl (C=O) groups excluding carboxylic acids is 1. The lowest BCUT2D eigenvalue weighted by atomic mass is 10.1. The van der Waals surface area contributed by atoms with Crippen molar-refractivity contribution in [2.45, 2.75) is 34.6 Å². The number of Topliss-reactive ketones (excluding diaryl/α,β-unsaturated/α-hetero) is 1. The molecule has 0 amide bonds. The van der Waals surface area contributed by atoms with Crippen LogP contribution >= 0.6 is 0 Å². The molecule has 100 valence electrons. The maximum Gasteiger partial charge on any atom is 0.126 e. The van der Waals surface area contributed by atoms with E-state index < -0.39 is 0 Å². The lowest BCUT2D eigenvalue weighted by molar-refractivity contribution is -0.114. The summed E-state index contributed by atoms with van der Waals surface area (Å²) in [6, 6.07) is 4.33. The van der Waals surface area contributed by atoms with Crippen molar-refractivity contribution in [2.75, 3.05) is 12.4 Å². The van der Waals surface area contributed by atoms with Gasteiger partial charge in [0.25, 0.3) is 0 Å². The van der Waals surface area contributed by atoms with Gasteiger partial charge in [0, 0.05) is 12.7 Å². The molecule has 0 atom stereocenters. The average Bonchev–Trinajstić information content (AvgIpc) is 2.25. The zero-order valence-electron chi connectivity index (χ0n) is 12.3. The SMILES string of the molecule is C=C(NC)Nc1cc(C)c(C)cc1C.CC(C)=O. The van der Waals surface area contributed by atoms with E-state index in [4.69, 9.17) is 0 Å². The van der Waals surface area contributed by atoms with Crippen LogP contribution in [0.2, 0.25) is 0 Å². The van der Waals surface area contributed by atoms with Crippen molar-refractivity contribution in [1.82, 2.24) is 5.32 Å². The number of carbonyl (C=O) groups is 1. The Bertz CT molecular complexity index is 432. The van der Waals surface area contributed by atoms with Crippen LogP contribution in [0.4, 0.5) is 5.69 Å². The molecule has 0 unspecified atom stereocenters. The minimum Gasteiger partial charge on any atom is -0.375 e. The van der Waals surface area contributed by atoms with Crippen molar-refractivity contribution in [2.24, 2.45) is 0 Å². The molecule has 3 heteroatoms. The molecule has 0 radical (unpaired) electrons. The molecule has 0 saturated heterocycles. The molecular formula is C15H24N2O. The van der Waals surface area contributed by atoms with Gasteiger partial charge in [-0.1, -0.05) is 12.6 Å². The van der Waals surface area contributed by atoms with E-state index in [1.165, 1.54) is 30.5 Å². The third-order valence-electron chi connectivity index (χ3n) is 2.43. The van der Waals surface area contributed by atoms with Crippen molar-refractivity contribution in [3.05, 3.63) is 41.2 Å². The fourth-order valence-corrected chi connectivity index (χ4v) is 1.32. The fraction of sp³-hybridized carbons (Fsp3) is 0.400. The molecule has 3 nitrogen and oxygen atoms in total. The van der Waals surface area contributed by atoms with Crippen molar-refractivity contribution in [1.29, 1.82) is 0 Å². The van der Waals surface area contributed by atoms with E-state index in [2.05, 4.69) is 50.1 Å². The van der Waals surface area contributed by atoms with Crippen LogP contribution in [-0.2, 0) is 4.79 Å². The summed E-state index contributed by atoms with van der Waals surface area (Å²) in [5.41, 5.74) is 4.97. The van der Waals surface area contributed by atoms with Gasteiger partial charge in [0.15, 0.2) is 0 Å². The summed E-state index contributed by atoms with van der Waals surface area (Å²) >= 11 is 0. The second-order valence-corrected chi connectivity index (χ2v) is 4.51. The first kappa shape index (κ1) is 16.2. The zero-order valence-corrected chi connectivity index (χ0v) is 12.3. The van der Waals surface area contributed by atoms with Gasteiger partial charge in [0.1, 0.15) is 5.78 Å². The quantitative estimate of drug-likeness (QED) is 0.862. The van der Waals surface area contributed by atoms with Crippen LogP contribution < -0.4 is 10.6 Å². The number of aryl methyl sites for hydroxylation is 3. The largest absolute Gasteiger partial charge is 0.375 e. The van der Waals surface area contributed by atoms with Gasteiger partial charge >= 0.3 is 0 Å². The predicted octanol–water partition coefficient (Wildman–Crippen LogP) is 3.31. The number of hydrogen-bond acceptors (Lipinski definition) is 3. The standard InChI is InChI=1S/C12H18N2.C3H6O/c1-8-6-10(3)12(7-9(8)2)14-11(4)13-5;1-3(2)4/h6-7,13-14H,4H2,1-3,5H3;1-2H3. The van der Waals surface area contributed by atoms with Gasteiger partial charge in [-0.2, -0.15) is 0 Å². The Morgan fingerprint density at radius 3 is 1.94 bits per heavy atom. The number of ketones is 1. The van der Waals surface area contributed by atoms with E-state index in [-0.39, 0.29) is 5.78 Å². The third-order valence-corrected chi connectivity index (χ3v) is 2.43. The van der Waals surface area contributed by atoms with Gasteiger partial charge < -0.3 is 15.4 Å². The second kappa shape index (κ2) is 7.54. The average molecular weight is 248 g/mol. The van der Waals surface area contributed by atoms with E-state index in [1.807, 2.05) is 7.05 Å². The van der Waals surface area contributed by atoms with Crippen LogP contribution in [0, 0.1) is 20.8 Å². The molecule has 1 rings (SSSR count). The molecule has 18 heavy (non-hydrogen) atoms. The Morgan fingerprint density at radius 1 is 1.06 bits per heavy atom. The van der Waals surface area contributed by atoms with Gasteiger partial charge in [-0.3, -0.25) is 0 Å². The molecule has 0 aliphatic carbocycles. The summed E-state index contributed by atoms with van der Waals surface area (Å²) in [7, 11) is 1.85. The van der Waals surface area contributed by atoms with Crippen molar-refractivity contribution in [3.8, 4) is 0 Å². The first-order valence-corrected chi connectivity index (χ1v) is 5.96. The van der Waals surface area contributed by atoms with Gasteiger partial charge in [-0.25, -0.2) is 0 Å². The molecule has 1 aromatic carbocycles. The lowest BCUT2D eigenvalue weighted by Gasteiger charge is -2.13. The molecule has 0 fully saturated rings. The highest BCUT2D eigenvalue weighted by molar-refractivity contribution is 5.72. The van der Waals surface area contributed by atoms with E-state index in [0.717, 1.165) is 11.5 Å². The van der Waals surface area contributed by atoms with Crippen molar-refractivity contribution >= 4 is 11.5 Å². The molecule has 0 saturated carbocycles. The van der Waals surface area contributed by atoms with Crippen LogP contribution in [0.1, 0.15) is 30.5 Å². The van der Waals surface area contributed by atoms with Crippen LogP contribution in [0.5, 0.6) is 0 Å². The van der Waals surface area contributed by atoms with E-state index >= 15 is 0 Å². The van der Waals surface area contributed by atoms with Crippen LogP contribution in [0.3, 0.4) is 0 Å². The number of rotatable bonds is 3. The zero-order chi connectivity index (χ0) is 14.3. The predicted molar refractivity (Wildman–Crippen MR) is 78.8 cm³/mol. The molecule has 1 aromatic rings. The highest BCUT2D eigenvalue weighted by Crippen LogP contribution is 2.20. The topological polar surface area (TPSA) is 41.1 Å². The maximum atomic E-state index is 9.44. The smallest absolute Gasteiger partial charge is 0.126 e. The highest BCUT2D eigenvalue weighted by Gasteiger charge is 2.01. The Kier molecular flexibility index (Phi) is 6.79. The van der Waals surface area contributed by atoms with Gasteiger partial charge in [0.2, 0.25) is 0 Å². The molecular weight excluding hydrogens is 224 g/mol. The first-order valence-electron chi connectivity index (χ1n) is 5.96. The fourth-order valence-electron chi connectivity index (χ4n) is 1.32. The van der Waals surface area contributed by atoms with Crippen molar-refractivity contribution in [3.63, 3.8) is 0 Å². The van der Waals surface area contributed by atoms with E-state index in [9.17, 15) is 4.79 Å². The molecule has 2 N–H and O–H groups in total. The molecule has 0 aromatic heterocycles. The number of anilines is 1. The summed E-state index contributed by atoms with van der Waals surface area (Å²) in [6.07, 6.45) is 0. The third kappa shape index (κ3) is 6.09.